The fourth-order valence-corrected chi connectivity index (χ4v) is 4.57. The Hall–Kier alpha value is -2.44. The zero-order chi connectivity index (χ0) is 23.1. The predicted octanol–water partition coefficient (Wildman–Crippen LogP) is 4.12. The van der Waals surface area contributed by atoms with E-state index in [9.17, 15) is 4.79 Å². The standard InChI is InChI=1S/C25H33ClN2O4/c1-28(13-12-17-8-10-19(26)11-9-17)21-7-5-6-20(21)27-24(29)16-18-14-22(30-2)25(32-4)23(15-18)31-3/h8-11,14-15,20-21H,5-7,12-13,16H2,1-4H3,(H,27,29)/t20-,21-/m1/s1. The van der Waals surface area contributed by atoms with Crippen LogP contribution in [0.2, 0.25) is 5.02 Å². The average molecular weight is 461 g/mol. The van der Waals surface area contributed by atoms with E-state index in [1.54, 1.807) is 21.3 Å². The molecule has 3 rings (SSSR count). The van der Waals surface area contributed by atoms with Crippen LogP contribution in [0.1, 0.15) is 30.4 Å². The smallest absolute Gasteiger partial charge is 0.224 e. The molecule has 32 heavy (non-hydrogen) atoms. The SMILES string of the molecule is COc1cc(CC(=O)N[C@@H]2CCC[C@H]2N(C)CCc2ccc(Cl)cc2)cc(OC)c1OC. The number of rotatable bonds is 10. The minimum atomic E-state index is 0.00211. The lowest BCUT2D eigenvalue weighted by molar-refractivity contribution is -0.121. The van der Waals surface area contributed by atoms with Crippen LogP contribution in [0.25, 0.3) is 0 Å². The summed E-state index contributed by atoms with van der Waals surface area (Å²) in [7, 11) is 6.86. The second-order valence-corrected chi connectivity index (χ2v) is 8.68. The second-order valence-electron chi connectivity index (χ2n) is 8.24. The van der Waals surface area contributed by atoms with Crippen LogP contribution in [0.15, 0.2) is 36.4 Å². The minimum absolute atomic E-state index is 0.00211. The Bertz CT molecular complexity index is 878. The van der Waals surface area contributed by atoms with Crippen molar-refractivity contribution in [2.75, 3.05) is 34.9 Å². The van der Waals surface area contributed by atoms with E-state index in [-0.39, 0.29) is 18.4 Å². The Morgan fingerprint density at radius 1 is 1.03 bits per heavy atom. The van der Waals surface area contributed by atoms with E-state index in [1.807, 2.05) is 24.3 Å². The Morgan fingerprint density at radius 3 is 2.28 bits per heavy atom. The maximum absolute atomic E-state index is 12.8. The van der Waals surface area contributed by atoms with Gasteiger partial charge in [0.2, 0.25) is 11.7 Å². The summed E-state index contributed by atoms with van der Waals surface area (Å²) in [6, 6.07) is 12.1. The van der Waals surface area contributed by atoms with Gasteiger partial charge in [-0.2, -0.15) is 0 Å². The molecule has 1 fully saturated rings. The van der Waals surface area contributed by atoms with Gasteiger partial charge in [-0.25, -0.2) is 0 Å². The maximum atomic E-state index is 12.8. The van der Waals surface area contributed by atoms with Crippen molar-refractivity contribution in [3.8, 4) is 17.2 Å². The van der Waals surface area contributed by atoms with E-state index in [0.29, 0.717) is 23.3 Å². The van der Waals surface area contributed by atoms with Crippen molar-refractivity contribution in [1.29, 1.82) is 0 Å². The molecule has 2 aromatic rings. The molecule has 0 spiro atoms. The van der Waals surface area contributed by atoms with Crippen molar-refractivity contribution in [2.24, 2.45) is 0 Å². The van der Waals surface area contributed by atoms with Crippen molar-refractivity contribution < 1.29 is 19.0 Å². The highest BCUT2D eigenvalue weighted by atomic mass is 35.5. The number of ether oxygens (including phenoxy) is 3. The lowest BCUT2D eigenvalue weighted by atomic mass is 10.1. The van der Waals surface area contributed by atoms with Crippen LogP contribution in [0.4, 0.5) is 0 Å². The molecule has 0 radical (unpaired) electrons. The molecule has 7 heteroatoms. The van der Waals surface area contributed by atoms with Gasteiger partial charge in [-0.15, -0.1) is 0 Å². The van der Waals surface area contributed by atoms with Gasteiger partial charge < -0.3 is 24.4 Å². The first-order chi connectivity index (χ1) is 15.4. The number of amides is 1. The van der Waals surface area contributed by atoms with Crippen LogP contribution in [-0.2, 0) is 17.6 Å². The summed E-state index contributed by atoms with van der Waals surface area (Å²) in [5.74, 6) is 1.63. The van der Waals surface area contributed by atoms with Crippen LogP contribution >= 0.6 is 11.6 Å². The Kier molecular flexibility index (Phi) is 8.65. The van der Waals surface area contributed by atoms with Crippen molar-refractivity contribution in [1.82, 2.24) is 10.2 Å². The number of carbonyl (C=O) groups excluding carboxylic acids is 1. The summed E-state index contributed by atoms with van der Waals surface area (Å²) in [5, 5.41) is 4.01. The largest absolute Gasteiger partial charge is 0.493 e. The summed E-state index contributed by atoms with van der Waals surface area (Å²) in [6.45, 7) is 0.936. The molecule has 1 aliphatic rings. The van der Waals surface area contributed by atoms with Crippen molar-refractivity contribution >= 4 is 17.5 Å². The fraction of sp³-hybridized carbons (Fsp3) is 0.480. The van der Waals surface area contributed by atoms with E-state index in [4.69, 9.17) is 25.8 Å². The molecule has 1 saturated carbocycles. The number of nitrogens with one attached hydrogen (secondary N) is 1. The Morgan fingerprint density at radius 2 is 1.69 bits per heavy atom. The van der Waals surface area contributed by atoms with Gasteiger partial charge in [0.15, 0.2) is 11.5 Å². The highest BCUT2D eigenvalue weighted by Crippen LogP contribution is 2.38. The molecule has 0 saturated heterocycles. The zero-order valence-electron chi connectivity index (χ0n) is 19.3. The number of benzene rings is 2. The van der Waals surface area contributed by atoms with E-state index in [0.717, 1.165) is 42.8 Å². The maximum Gasteiger partial charge on any atom is 0.224 e. The van der Waals surface area contributed by atoms with E-state index in [2.05, 4.69) is 29.4 Å². The number of hydrogen-bond donors (Lipinski definition) is 1. The van der Waals surface area contributed by atoms with Gasteiger partial charge in [-0.1, -0.05) is 23.7 Å². The average Bonchev–Trinajstić information content (AvgIpc) is 3.25. The van der Waals surface area contributed by atoms with Crippen LogP contribution in [0, 0.1) is 0 Å². The van der Waals surface area contributed by atoms with Crippen LogP contribution in [0.5, 0.6) is 17.2 Å². The van der Waals surface area contributed by atoms with Crippen molar-refractivity contribution in [3.05, 3.63) is 52.5 Å². The van der Waals surface area contributed by atoms with Crippen LogP contribution < -0.4 is 19.5 Å². The Labute approximate surface area is 195 Å². The molecule has 2 aromatic carbocycles. The number of hydrogen-bond acceptors (Lipinski definition) is 5. The van der Waals surface area contributed by atoms with Gasteiger partial charge in [0.05, 0.1) is 27.8 Å². The van der Waals surface area contributed by atoms with Gasteiger partial charge >= 0.3 is 0 Å². The molecule has 1 amide bonds. The highest BCUT2D eigenvalue weighted by Gasteiger charge is 2.31. The molecule has 0 unspecified atom stereocenters. The molecule has 6 nitrogen and oxygen atoms in total. The molecule has 0 bridgehead atoms. The van der Waals surface area contributed by atoms with Gasteiger partial charge in [-0.05, 0) is 68.1 Å². The van der Waals surface area contributed by atoms with E-state index in [1.165, 1.54) is 5.56 Å². The summed E-state index contributed by atoms with van der Waals surface area (Å²) >= 11 is 5.98. The zero-order valence-corrected chi connectivity index (χ0v) is 20.1. The minimum Gasteiger partial charge on any atom is -0.493 e. The third kappa shape index (κ3) is 6.08. The molecule has 0 aromatic heterocycles. The number of likely N-dealkylation sites (N-methyl/N-ethyl adjacent to an activating group) is 1. The van der Waals surface area contributed by atoms with Crippen molar-refractivity contribution in [2.45, 2.75) is 44.2 Å². The lowest BCUT2D eigenvalue weighted by Crippen LogP contribution is -2.48. The molecule has 0 heterocycles. The number of methoxy groups -OCH3 is 3. The quantitative estimate of drug-likeness (QED) is 0.578. The topological polar surface area (TPSA) is 60.0 Å². The number of carbonyl (C=O) groups is 1. The first-order valence-electron chi connectivity index (χ1n) is 11.0. The Balaban J connectivity index is 1.58. The summed E-state index contributed by atoms with van der Waals surface area (Å²) < 4.78 is 16.2. The molecular weight excluding hydrogens is 428 g/mol. The normalized spacial score (nSPS) is 17.9. The summed E-state index contributed by atoms with van der Waals surface area (Å²) in [4.78, 5) is 15.2. The first kappa shape index (κ1) is 24.2. The summed E-state index contributed by atoms with van der Waals surface area (Å²) in [5.41, 5.74) is 2.09. The fourth-order valence-electron chi connectivity index (χ4n) is 4.44. The van der Waals surface area contributed by atoms with E-state index >= 15 is 0 Å². The molecule has 1 N–H and O–H groups in total. The molecule has 1 aliphatic carbocycles. The van der Waals surface area contributed by atoms with Crippen LogP contribution in [-0.4, -0.2) is 57.8 Å². The lowest BCUT2D eigenvalue weighted by Gasteiger charge is -2.30. The molecule has 0 aliphatic heterocycles. The van der Waals surface area contributed by atoms with E-state index < -0.39 is 0 Å². The second kappa shape index (κ2) is 11.4. The van der Waals surface area contributed by atoms with Gasteiger partial charge in [-0.3, -0.25) is 4.79 Å². The van der Waals surface area contributed by atoms with Gasteiger partial charge in [0, 0.05) is 23.7 Å². The third-order valence-corrected chi connectivity index (χ3v) is 6.40. The predicted molar refractivity (Wildman–Crippen MR) is 127 cm³/mol. The highest BCUT2D eigenvalue weighted by molar-refractivity contribution is 6.30. The van der Waals surface area contributed by atoms with Gasteiger partial charge in [0.25, 0.3) is 0 Å². The third-order valence-electron chi connectivity index (χ3n) is 6.15. The molecule has 174 valence electrons. The first-order valence-corrected chi connectivity index (χ1v) is 11.4. The number of nitrogens with zero attached hydrogens (tertiary/aromatic N) is 1. The molecule has 2 atom stereocenters. The summed E-state index contributed by atoms with van der Waals surface area (Å²) in [6.07, 6.45) is 4.42. The van der Waals surface area contributed by atoms with Crippen LogP contribution in [0.3, 0.4) is 0 Å². The monoisotopic (exact) mass is 460 g/mol. The number of halogens is 1. The van der Waals surface area contributed by atoms with Crippen molar-refractivity contribution in [3.63, 3.8) is 0 Å². The van der Waals surface area contributed by atoms with Gasteiger partial charge in [0.1, 0.15) is 0 Å². The molecular formula is C25H33ClN2O4.